The fraction of sp³-hybridized carbons (Fsp3) is 0.920. The molecule has 2 saturated carbocycles. The van der Waals surface area contributed by atoms with Crippen LogP contribution in [0.2, 0.25) is 0 Å². The summed E-state index contributed by atoms with van der Waals surface area (Å²) >= 11 is 0. The van der Waals surface area contributed by atoms with Crippen LogP contribution in [0.25, 0.3) is 0 Å². The average molecular weight is 469 g/mol. The first kappa shape index (κ1) is 26.5. The lowest BCUT2D eigenvalue weighted by Gasteiger charge is -2.59. The van der Waals surface area contributed by atoms with Gasteiger partial charge in [0.05, 0.1) is 0 Å². The zero-order valence-corrected chi connectivity index (χ0v) is 21.0. The molecule has 8 heteroatoms. The van der Waals surface area contributed by atoms with E-state index in [1.54, 1.807) is 6.92 Å². The maximum absolute atomic E-state index is 13.6. The van der Waals surface area contributed by atoms with Crippen molar-refractivity contribution in [2.45, 2.75) is 89.6 Å². The average Bonchev–Trinajstić information content (AvgIpc) is 2.78. The van der Waals surface area contributed by atoms with Crippen molar-refractivity contribution in [1.82, 2.24) is 20.6 Å². The number of amides is 1. The molecule has 0 aromatic heterocycles. The van der Waals surface area contributed by atoms with Crippen LogP contribution in [0.4, 0.5) is 4.39 Å². The zero-order chi connectivity index (χ0) is 24.0. The third-order valence-electron chi connectivity index (χ3n) is 8.17. The number of nitrogens with zero attached hydrogens (tertiary/aromatic N) is 2. The van der Waals surface area contributed by atoms with Gasteiger partial charge in [-0.25, -0.2) is 4.39 Å². The third kappa shape index (κ3) is 6.96. The number of aldehydes is 1. The second kappa shape index (κ2) is 12.0. The van der Waals surface area contributed by atoms with Gasteiger partial charge in [-0.3, -0.25) is 9.63 Å². The van der Waals surface area contributed by atoms with Crippen molar-refractivity contribution in [2.24, 2.45) is 17.3 Å². The SMILES string of the molecule is CC(=O)N1CC2(CN(C)C2)C1.CC1CCC(F)C2CC(C=O)ONC12.CNC1CCCCC1. The predicted molar refractivity (Wildman–Crippen MR) is 127 cm³/mol. The summed E-state index contributed by atoms with van der Waals surface area (Å²) in [4.78, 5) is 30.7. The number of hydroxylamine groups is 1. The molecule has 5 fully saturated rings. The van der Waals surface area contributed by atoms with Gasteiger partial charge in [0, 0.05) is 56.5 Å². The Bertz CT molecular complexity index is 631. The van der Waals surface area contributed by atoms with E-state index in [9.17, 15) is 14.0 Å². The number of carbonyl (C=O) groups is 2. The number of halogens is 1. The highest BCUT2D eigenvalue weighted by Crippen LogP contribution is 2.38. The van der Waals surface area contributed by atoms with E-state index in [1.807, 2.05) is 4.90 Å². The Morgan fingerprint density at radius 2 is 1.79 bits per heavy atom. The van der Waals surface area contributed by atoms with Crippen LogP contribution in [0.15, 0.2) is 0 Å². The Labute approximate surface area is 199 Å². The van der Waals surface area contributed by atoms with Gasteiger partial charge in [-0.15, -0.1) is 0 Å². The molecule has 5 rings (SSSR count). The van der Waals surface area contributed by atoms with Crippen molar-refractivity contribution in [2.75, 3.05) is 40.3 Å². The quantitative estimate of drug-likeness (QED) is 0.607. The molecular formula is C25H45FN4O3. The monoisotopic (exact) mass is 468 g/mol. The fourth-order valence-corrected chi connectivity index (χ4v) is 6.20. The number of hydrogen-bond acceptors (Lipinski definition) is 6. The summed E-state index contributed by atoms with van der Waals surface area (Å²) in [6.07, 6.45) is 8.65. The topological polar surface area (TPSA) is 73.9 Å². The van der Waals surface area contributed by atoms with Gasteiger partial charge in [-0.05, 0) is 52.1 Å². The van der Waals surface area contributed by atoms with Crippen molar-refractivity contribution < 1.29 is 18.8 Å². The Balaban J connectivity index is 0.000000145. The highest BCUT2D eigenvalue weighted by molar-refractivity contribution is 5.74. The molecule has 7 nitrogen and oxygen atoms in total. The fourth-order valence-electron chi connectivity index (χ4n) is 6.20. The summed E-state index contributed by atoms with van der Waals surface area (Å²) in [5.74, 6) is 0.604. The van der Waals surface area contributed by atoms with Crippen molar-refractivity contribution >= 4 is 12.2 Å². The molecule has 0 aromatic carbocycles. The van der Waals surface area contributed by atoms with Crippen LogP contribution >= 0.6 is 0 Å². The van der Waals surface area contributed by atoms with E-state index in [0.717, 1.165) is 31.8 Å². The molecular weight excluding hydrogens is 423 g/mol. The van der Waals surface area contributed by atoms with E-state index in [2.05, 4.69) is 36.7 Å². The summed E-state index contributed by atoms with van der Waals surface area (Å²) in [6, 6.07) is 0.915. The minimum atomic E-state index is -0.782. The Morgan fingerprint density at radius 1 is 1.12 bits per heavy atom. The molecule has 190 valence electrons. The van der Waals surface area contributed by atoms with Gasteiger partial charge in [-0.1, -0.05) is 26.2 Å². The molecule has 0 aromatic rings. The molecule has 0 radical (unpaired) electrons. The molecule has 1 spiro atoms. The second-order valence-corrected chi connectivity index (χ2v) is 11.1. The molecule has 3 heterocycles. The minimum absolute atomic E-state index is 0.0531. The molecule has 5 atom stereocenters. The number of likely N-dealkylation sites (tertiary alicyclic amines) is 2. The van der Waals surface area contributed by atoms with Gasteiger partial charge >= 0.3 is 0 Å². The van der Waals surface area contributed by atoms with Crippen LogP contribution < -0.4 is 10.8 Å². The van der Waals surface area contributed by atoms with Crippen LogP contribution in [0.3, 0.4) is 0 Å². The highest BCUT2D eigenvalue weighted by atomic mass is 19.1. The van der Waals surface area contributed by atoms with Crippen LogP contribution in [0.5, 0.6) is 0 Å². The zero-order valence-electron chi connectivity index (χ0n) is 21.0. The summed E-state index contributed by atoms with van der Waals surface area (Å²) in [7, 11) is 4.19. The van der Waals surface area contributed by atoms with Crippen LogP contribution in [-0.4, -0.2) is 86.6 Å². The van der Waals surface area contributed by atoms with E-state index in [-0.39, 0.29) is 17.9 Å². The van der Waals surface area contributed by atoms with Crippen LogP contribution in [-0.2, 0) is 14.4 Å². The number of hydrogen-bond donors (Lipinski definition) is 2. The lowest BCUT2D eigenvalue weighted by molar-refractivity contribution is -0.154. The predicted octanol–water partition coefficient (Wildman–Crippen LogP) is 2.55. The summed E-state index contributed by atoms with van der Waals surface area (Å²) in [5.41, 5.74) is 3.33. The maximum Gasteiger partial charge on any atom is 0.219 e. The van der Waals surface area contributed by atoms with Gasteiger partial charge in [0.2, 0.25) is 5.91 Å². The molecule has 3 saturated heterocycles. The normalized spacial score (nSPS) is 35.5. The molecule has 0 bridgehead atoms. The number of fused-ring (bicyclic) bond motifs is 1. The number of alkyl halides is 1. The minimum Gasteiger partial charge on any atom is -0.341 e. The summed E-state index contributed by atoms with van der Waals surface area (Å²) < 4.78 is 13.6. The Kier molecular flexibility index (Phi) is 9.68. The van der Waals surface area contributed by atoms with Gasteiger partial charge in [-0.2, -0.15) is 5.48 Å². The second-order valence-electron chi connectivity index (χ2n) is 11.1. The van der Waals surface area contributed by atoms with Gasteiger partial charge in [0.1, 0.15) is 12.3 Å². The molecule has 2 N–H and O–H groups in total. The van der Waals surface area contributed by atoms with Crippen LogP contribution in [0, 0.1) is 17.3 Å². The molecule has 5 aliphatic rings. The third-order valence-corrected chi connectivity index (χ3v) is 8.17. The summed E-state index contributed by atoms with van der Waals surface area (Å²) in [6.45, 7) is 8.09. The molecule has 33 heavy (non-hydrogen) atoms. The van der Waals surface area contributed by atoms with Crippen LogP contribution in [0.1, 0.15) is 65.2 Å². The van der Waals surface area contributed by atoms with E-state index < -0.39 is 12.3 Å². The van der Waals surface area contributed by atoms with Gasteiger partial charge in [0.25, 0.3) is 0 Å². The molecule has 2 aliphatic carbocycles. The lowest BCUT2D eigenvalue weighted by Crippen LogP contribution is -2.71. The van der Waals surface area contributed by atoms with E-state index in [4.69, 9.17) is 4.84 Å². The summed E-state index contributed by atoms with van der Waals surface area (Å²) in [5, 5.41) is 3.30. The standard InChI is InChI=1S/C10H16FNO2.C8H14N2O.C7H15N/c1-6-2-3-9(11)8-4-7(5-13)14-12-10(6)8;1-7(11)10-5-8(6-10)3-9(2)4-8;1-8-7-5-3-2-4-6-7/h5-10,12H,2-4H2,1H3;3-6H2,1-2H3;7-8H,2-6H2,1H3. The maximum atomic E-state index is 13.6. The Morgan fingerprint density at radius 3 is 2.30 bits per heavy atom. The molecule has 1 amide bonds. The van der Waals surface area contributed by atoms with E-state index in [0.29, 0.717) is 24.2 Å². The molecule has 5 unspecified atom stereocenters. The van der Waals surface area contributed by atoms with Crippen molar-refractivity contribution in [3.05, 3.63) is 0 Å². The van der Waals surface area contributed by atoms with E-state index in [1.165, 1.54) is 45.2 Å². The first-order valence-corrected chi connectivity index (χ1v) is 12.9. The smallest absolute Gasteiger partial charge is 0.219 e. The van der Waals surface area contributed by atoms with Crippen molar-refractivity contribution in [1.29, 1.82) is 0 Å². The van der Waals surface area contributed by atoms with Crippen molar-refractivity contribution in [3.63, 3.8) is 0 Å². The lowest BCUT2D eigenvalue weighted by atomic mass is 9.73. The van der Waals surface area contributed by atoms with Crippen molar-refractivity contribution in [3.8, 4) is 0 Å². The number of carbonyl (C=O) groups excluding carboxylic acids is 2. The number of nitrogens with one attached hydrogen (secondary N) is 2. The Hall–Kier alpha value is -1.09. The van der Waals surface area contributed by atoms with Gasteiger partial charge in [0.15, 0.2) is 6.29 Å². The van der Waals surface area contributed by atoms with Gasteiger partial charge < -0.3 is 19.9 Å². The highest BCUT2D eigenvalue weighted by Gasteiger charge is 2.51. The first-order chi connectivity index (χ1) is 15.8. The largest absolute Gasteiger partial charge is 0.341 e. The molecule has 3 aliphatic heterocycles. The first-order valence-electron chi connectivity index (χ1n) is 12.9. The van der Waals surface area contributed by atoms with E-state index >= 15 is 0 Å². The number of rotatable bonds is 2.